The lowest BCUT2D eigenvalue weighted by atomic mass is 10.2. The third kappa shape index (κ3) is 7.41. The van der Waals surface area contributed by atoms with Gasteiger partial charge in [0.2, 0.25) is 5.91 Å². The SMILES string of the molecule is CCOc1ccccc1N(CC(=O)Nc1ccc(S(=O)(=O)Nc2cc(OC)ccc2OC)cc1)S(=O)(=O)c1ccc(C)cc1. The first kappa shape index (κ1) is 32.2. The van der Waals surface area contributed by atoms with Crippen molar-refractivity contribution in [3.63, 3.8) is 0 Å². The number of ether oxygens (including phenoxy) is 3. The molecule has 0 aliphatic heterocycles. The maximum atomic E-state index is 13.8. The Morgan fingerprint density at radius 3 is 2.09 bits per heavy atom. The third-order valence-corrected chi connectivity index (χ3v) is 9.58. The average molecular weight is 640 g/mol. The van der Waals surface area contributed by atoms with Crippen molar-refractivity contribution < 1.29 is 35.8 Å². The van der Waals surface area contributed by atoms with Crippen molar-refractivity contribution in [3.8, 4) is 17.2 Å². The van der Waals surface area contributed by atoms with Crippen LogP contribution in [0, 0.1) is 6.92 Å². The Morgan fingerprint density at radius 2 is 1.45 bits per heavy atom. The van der Waals surface area contributed by atoms with E-state index < -0.39 is 32.5 Å². The summed E-state index contributed by atoms with van der Waals surface area (Å²) in [5.41, 5.74) is 1.53. The molecule has 232 valence electrons. The van der Waals surface area contributed by atoms with Crippen molar-refractivity contribution in [1.82, 2.24) is 0 Å². The Morgan fingerprint density at radius 1 is 0.795 bits per heavy atom. The van der Waals surface area contributed by atoms with Gasteiger partial charge in [-0.15, -0.1) is 0 Å². The van der Waals surface area contributed by atoms with Crippen molar-refractivity contribution in [1.29, 1.82) is 0 Å². The highest BCUT2D eigenvalue weighted by atomic mass is 32.2. The zero-order valence-electron chi connectivity index (χ0n) is 24.6. The van der Waals surface area contributed by atoms with Crippen LogP contribution in [0.5, 0.6) is 17.2 Å². The van der Waals surface area contributed by atoms with E-state index in [9.17, 15) is 21.6 Å². The van der Waals surface area contributed by atoms with Gasteiger partial charge in [0, 0.05) is 11.8 Å². The fourth-order valence-corrected chi connectivity index (χ4v) is 6.72. The molecule has 0 saturated heterocycles. The molecular weight excluding hydrogens is 606 g/mol. The number of hydrogen-bond donors (Lipinski definition) is 2. The van der Waals surface area contributed by atoms with Crippen LogP contribution in [-0.2, 0) is 24.8 Å². The highest BCUT2D eigenvalue weighted by Gasteiger charge is 2.29. The molecule has 0 unspecified atom stereocenters. The maximum Gasteiger partial charge on any atom is 0.264 e. The van der Waals surface area contributed by atoms with E-state index in [0.717, 1.165) is 9.87 Å². The number of hydrogen-bond acceptors (Lipinski definition) is 8. The van der Waals surface area contributed by atoms with E-state index in [4.69, 9.17) is 14.2 Å². The third-order valence-electron chi connectivity index (χ3n) is 6.43. The second kappa shape index (κ2) is 13.7. The van der Waals surface area contributed by atoms with Crippen LogP contribution in [0.3, 0.4) is 0 Å². The van der Waals surface area contributed by atoms with E-state index in [1.807, 2.05) is 6.92 Å². The molecule has 2 N–H and O–H groups in total. The maximum absolute atomic E-state index is 13.8. The number of carbonyl (C=O) groups excluding carboxylic acids is 1. The first-order valence-corrected chi connectivity index (χ1v) is 16.4. The van der Waals surface area contributed by atoms with Crippen molar-refractivity contribution in [2.75, 3.05) is 41.7 Å². The van der Waals surface area contributed by atoms with E-state index in [0.29, 0.717) is 17.2 Å². The van der Waals surface area contributed by atoms with Gasteiger partial charge in [-0.2, -0.15) is 0 Å². The lowest BCUT2D eigenvalue weighted by molar-refractivity contribution is -0.114. The van der Waals surface area contributed by atoms with Crippen LogP contribution in [0.25, 0.3) is 0 Å². The van der Waals surface area contributed by atoms with Gasteiger partial charge in [0.1, 0.15) is 23.8 Å². The van der Waals surface area contributed by atoms with Crippen LogP contribution >= 0.6 is 0 Å². The molecule has 0 bridgehead atoms. The molecule has 11 nitrogen and oxygen atoms in total. The van der Waals surface area contributed by atoms with E-state index in [2.05, 4.69) is 10.0 Å². The number of benzene rings is 4. The summed E-state index contributed by atoms with van der Waals surface area (Å²) in [5, 5.41) is 2.65. The fourth-order valence-electron chi connectivity index (χ4n) is 4.22. The molecule has 0 aliphatic rings. The number of carbonyl (C=O) groups is 1. The van der Waals surface area contributed by atoms with Crippen LogP contribution in [0.15, 0.2) is 101 Å². The van der Waals surface area contributed by atoms with Gasteiger partial charge < -0.3 is 19.5 Å². The summed E-state index contributed by atoms with van der Waals surface area (Å²) in [6.45, 7) is 3.33. The highest BCUT2D eigenvalue weighted by Crippen LogP contribution is 2.33. The van der Waals surface area contributed by atoms with E-state index in [1.165, 1.54) is 56.7 Å². The number of methoxy groups -OCH3 is 2. The predicted molar refractivity (Wildman–Crippen MR) is 169 cm³/mol. The molecule has 4 rings (SSSR count). The summed E-state index contributed by atoms with van der Waals surface area (Å²) in [7, 11) is -5.34. The molecule has 0 fully saturated rings. The lowest BCUT2D eigenvalue weighted by Gasteiger charge is -2.26. The summed E-state index contributed by atoms with van der Waals surface area (Å²) in [6, 6.07) is 23.0. The molecule has 0 atom stereocenters. The van der Waals surface area contributed by atoms with Gasteiger partial charge in [0.05, 0.1) is 42.0 Å². The first-order valence-electron chi connectivity index (χ1n) is 13.4. The van der Waals surface area contributed by atoms with E-state index in [1.54, 1.807) is 55.5 Å². The fraction of sp³-hybridized carbons (Fsp3) is 0.194. The summed E-state index contributed by atoms with van der Waals surface area (Å²) < 4.78 is 73.3. The van der Waals surface area contributed by atoms with Crippen LogP contribution in [0.4, 0.5) is 17.1 Å². The van der Waals surface area contributed by atoms with E-state index in [-0.39, 0.29) is 33.5 Å². The van der Waals surface area contributed by atoms with Crippen LogP contribution in [-0.4, -0.2) is 50.1 Å². The first-order chi connectivity index (χ1) is 21.0. The van der Waals surface area contributed by atoms with Crippen molar-refractivity contribution in [3.05, 3.63) is 96.6 Å². The summed E-state index contributed by atoms with van der Waals surface area (Å²) in [5.74, 6) is 0.383. The molecule has 0 spiro atoms. The molecule has 0 aliphatic carbocycles. The number of amides is 1. The Balaban J connectivity index is 1.57. The van der Waals surface area contributed by atoms with Gasteiger partial charge in [-0.05, 0) is 74.5 Å². The molecule has 0 aromatic heterocycles. The summed E-state index contributed by atoms with van der Waals surface area (Å²) >= 11 is 0. The zero-order valence-corrected chi connectivity index (χ0v) is 26.2. The van der Waals surface area contributed by atoms with Crippen molar-refractivity contribution >= 4 is 43.0 Å². The van der Waals surface area contributed by atoms with Crippen LogP contribution in [0.2, 0.25) is 0 Å². The zero-order chi connectivity index (χ0) is 31.9. The van der Waals surface area contributed by atoms with Crippen molar-refractivity contribution in [2.24, 2.45) is 0 Å². The largest absolute Gasteiger partial charge is 0.497 e. The summed E-state index contributed by atoms with van der Waals surface area (Å²) in [4.78, 5) is 13.2. The molecule has 44 heavy (non-hydrogen) atoms. The lowest BCUT2D eigenvalue weighted by Crippen LogP contribution is -2.38. The number of nitrogens with one attached hydrogen (secondary N) is 2. The number of aryl methyl sites for hydroxylation is 1. The quantitative estimate of drug-likeness (QED) is 0.207. The smallest absolute Gasteiger partial charge is 0.264 e. The average Bonchev–Trinajstić information content (AvgIpc) is 3.00. The highest BCUT2D eigenvalue weighted by molar-refractivity contribution is 7.93. The molecular formula is C31H33N3O8S2. The van der Waals surface area contributed by atoms with Gasteiger partial charge in [-0.3, -0.25) is 13.8 Å². The standard InChI is InChI=1S/C31H33N3O8S2/c1-5-42-30-9-7-6-8-28(30)34(44(38,39)26-15-10-22(2)11-16-26)21-31(35)32-23-12-17-25(18-13-23)43(36,37)33-27-20-24(40-3)14-19-29(27)41-4/h6-20,33H,5,21H2,1-4H3,(H,32,35). The molecule has 0 radical (unpaired) electrons. The Hall–Kier alpha value is -4.75. The topological polar surface area (TPSA) is 140 Å². The number of para-hydroxylation sites is 2. The number of sulfonamides is 2. The predicted octanol–water partition coefficient (Wildman–Crippen LogP) is 5.05. The number of anilines is 3. The van der Waals surface area contributed by atoms with Gasteiger partial charge in [-0.1, -0.05) is 29.8 Å². The minimum Gasteiger partial charge on any atom is -0.497 e. The van der Waals surface area contributed by atoms with E-state index >= 15 is 0 Å². The summed E-state index contributed by atoms with van der Waals surface area (Å²) in [6.07, 6.45) is 0. The van der Waals surface area contributed by atoms with Crippen LogP contribution < -0.4 is 28.6 Å². The molecule has 0 heterocycles. The van der Waals surface area contributed by atoms with Gasteiger partial charge in [0.25, 0.3) is 20.0 Å². The molecule has 4 aromatic rings. The minimum absolute atomic E-state index is 0.0110. The normalized spacial score (nSPS) is 11.4. The molecule has 1 amide bonds. The number of nitrogens with zero attached hydrogens (tertiary/aromatic N) is 1. The van der Waals surface area contributed by atoms with Crippen LogP contribution in [0.1, 0.15) is 12.5 Å². The molecule has 13 heteroatoms. The Bertz CT molecular complexity index is 1830. The van der Waals surface area contributed by atoms with Gasteiger partial charge in [-0.25, -0.2) is 16.8 Å². The van der Waals surface area contributed by atoms with Crippen molar-refractivity contribution in [2.45, 2.75) is 23.6 Å². The monoisotopic (exact) mass is 639 g/mol. The second-order valence-electron chi connectivity index (χ2n) is 9.47. The number of rotatable bonds is 13. The second-order valence-corrected chi connectivity index (χ2v) is 13.0. The minimum atomic E-state index is -4.18. The molecule has 4 aromatic carbocycles. The van der Waals surface area contributed by atoms with Gasteiger partial charge in [0.15, 0.2) is 0 Å². The Kier molecular flexibility index (Phi) is 10.0. The van der Waals surface area contributed by atoms with Gasteiger partial charge >= 0.3 is 0 Å². The molecule has 0 saturated carbocycles. The Labute approximate surface area is 257 Å².